The van der Waals surface area contributed by atoms with Crippen LogP contribution in [0.4, 0.5) is 16.2 Å². The maximum absolute atomic E-state index is 13.1. The van der Waals surface area contributed by atoms with E-state index in [1.165, 1.54) is 0 Å². The Morgan fingerprint density at radius 1 is 1.15 bits per heavy atom. The first kappa shape index (κ1) is 24.2. The molecule has 0 spiro atoms. The number of halogens is 1. The zero-order chi connectivity index (χ0) is 24.3. The molecule has 2 aliphatic heterocycles. The number of ether oxygens (including phenoxy) is 1. The van der Waals surface area contributed by atoms with Gasteiger partial charge in [-0.2, -0.15) is 0 Å². The molecule has 2 aromatic carbocycles. The molecule has 0 radical (unpaired) electrons. The first-order chi connectivity index (χ1) is 16.3. The largest absolute Gasteiger partial charge is 0.450 e. The van der Waals surface area contributed by atoms with E-state index in [2.05, 4.69) is 10.0 Å². The van der Waals surface area contributed by atoms with Gasteiger partial charge in [0.25, 0.3) is 10.0 Å². The van der Waals surface area contributed by atoms with E-state index in [1.54, 1.807) is 54.3 Å². The van der Waals surface area contributed by atoms with Crippen molar-refractivity contribution < 1.29 is 22.7 Å². The second-order valence-electron chi connectivity index (χ2n) is 8.19. The minimum atomic E-state index is -3.88. The Kier molecular flexibility index (Phi) is 7.18. The fourth-order valence-electron chi connectivity index (χ4n) is 4.21. The first-order valence-corrected chi connectivity index (χ1v) is 13.0. The first-order valence-electron chi connectivity index (χ1n) is 11.1. The smallest absolute Gasteiger partial charge is 0.409 e. The average Bonchev–Trinajstić information content (AvgIpc) is 3.26. The highest BCUT2D eigenvalue weighted by atomic mass is 35.5. The maximum Gasteiger partial charge on any atom is 0.409 e. The number of rotatable bonds is 6. The quantitative estimate of drug-likeness (QED) is 0.623. The van der Waals surface area contributed by atoms with Crippen molar-refractivity contribution in [3.05, 3.63) is 53.1 Å². The van der Waals surface area contributed by atoms with Gasteiger partial charge in [0.2, 0.25) is 5.91 Å². The molecule has 2 fully saturated rings. The number of hydrogen-bond acceptors (Lipinski definition) is 6. The number of nitrogens with zero attached hydrogens (tertiary/aromatic N) is 2. The number of hydrogen-bond donors (Lipinski definition) is 2. The zero-order valence-electron chi connectivity index (χ0n) is 18.8. The molecule has 4 rings (SSSR count). The SMILES string of the molecule is CCOC(=O)N1CCN(c2c(Cl)cccc2NS(=O)(=O)c2ccc(C3CNC(=O)C3)cc2)CC1. The monoisotopic (exact) mass is 506 g/mol. The van der Waals surface area contributed by atoms with E-state index in [1.807, 2.05) is 4.90 Å². The molecule has 2 amide bonds. The van der Waals surface area contributed by atoms with Gasteiger partial charge in [0.15, 0.2) is 0 Å². The van der Waals surface area contributed by atoms with Crippen molar-refractivity contribution in [2.45, 2.75) is 24.2 Å². The van der Waals surface area contributed by atoms with Crippen LogP contribution in [0.5, 0.6) is 0 Å². The number of benzene rings is 2. The van der Waals surface area contributed by atoms with Crippen molar-refractivity contribution in [2.75, 3.05) is 49.0 Å². The van der Waals surface area contributed by atoms with Crippen LogP contribution in [-0.4, -0.2) is 64.6 Å². The molecule has 2 aliphatic rings. The summed E-state index contributed by atoms with van der Waals surface area (Å²) in [7, 11) is -3.88. The number of piperazine rings is 1. The molecule has 1 atom stereocenters. The molecule has 9 nitrogen and oxygen atoms in total. The molecule has 2 N–H and O–H groups in total. The fourth-order valence-corrected chi connectivity index (χ4v) is 5.57. The van der Waals surface area contributed by atoms with Crippen molar-refractivity contribution in [1.82, 2.24) is 10.2 Å². The molecule has 0 aliphatic carbocycles. The number of sulfonamides is 1. The van der Waals surface area contributed by atoms with E-state index >= 15 is 0 Å². The summed E-state index contributed by atoms with van der Waals surface area (Å²) in [5.41, 5.74) is 1.86. The topological polar surface area (TPSA) is 108 Å². The second kappa shape index (κ2) is 10.1. The van der Waals surface area contributed by atoms with Crippen LogP contribution < -0.4 is 14.9 Å². The molecule has 2 saturated heterocycles. The predicted octanol–water partition coefficient (Wildman–Crippen LogP) is 3.02. The minimum Gasteiger partial charge on any atom is -0.450 e. The Balaban J connectivity index is 1.50. The lowest BCUT2D eigenvalue weighted by molar-refractivity contribution is -0.119. The van der Waals surface area contributed by atoms with Crippen LogP contribution in [0.15, 0.2) is 47.4 Å². The highest BCUT2D eigenvalue weighted by molar-refractivity contribution is 7.92. The van der Waals surface area contributed by atoms with Crippen molar-refractivity contribution in [1.29, 1.82) is 0 Å². The second-order valence-corrected chi connectivity index (χ2v) is 10.3. The van der Waals surface area contributed by atoms with Gasteiger partial charge in [-0.15, -0.1) is 0 Å². The molecule has 0 aromatic heterocycles. The van der Waals surface area contributed by atoms with E-state index in [4.69, 9.17) is 16.3 Å². The summed E-state index contributed by atoms with van der Waals surface area (Å²) < 4.78 is 34.0. The molecule has 2 aromatic rings. The molecule has 1 unspecified atom stereocenters. The Hall–Kier alpha value is -2.98. The predicted molar refractivity (Wildman–Crippen MR) is 130 cm³/mol. The Bertz CT molecular complexity index is 1160. The van der Waals surface area contributed by atoms with Gasteiger partial charge in [0.05, 0.1) is 27.9 Å². The van der Waals surface area contributed by atoms with Crippen LogP contribution in [0.2, 0.25) is 5.02 Å². The summed E-state index contributed by atoms with van der Waals surface area (Å²) >= 11 is 6.48. The number of carbonyl (C=O) groups is 2. The van der Waals surface area contributed by atoms with Crippen LogP contribution in [0.3, 0.4) is 0 Å². The van der Waals surface area contributed by atoms with Gasteiger partial charge in [0.1, 0.15) is 0 Å². The van der Waals surface area contributed by atoms with Gasteiger partial charge in [-0.3, -0.25) is 9.52 Å². The van der Waals surface area contributed by atoms with Crippen molar-refractivity contribution in [3.8, 4) is 0 Å². The maximum atomic E-state index is 13.1. The van der Waals surface area contributed by atoms with Crippen molar-refractivity contribution >= 4 is 45.0 Å². The van der Waals surface area contributed by atoms with Gasteiger partial charge >= 0.3 is 6.09 Å². The molecule has 0 bridgehead atoms. The number of para-hydroxylation sites is 1. The molecular formula is C23H27ClN4O5S. The van der Waals surface area contributed by atoms with Crippen LogP contribution >= 0.6 is 11.6 Å². The standard InChI is InChI=1S/C23H27ClN4O5S/c1-2-33-23(30)28-12-10-27(11-13-28)22-19(24)4-3-5-20(22)26-34(31,32)18-8-6-16(7-9-18)17-14-21(29)25-15-17/h3-9,17,26H,2,10-15H2,1H3,(H,25,29). The Morgan fingerprint density at radius 2 is 1.85 bits per heavy atom. The summed E-state index contributed by atoms with van der Waals surface area (Å²) in [6.07, 6.45) is 0.0445. The Morgan fingerprint density at radius 3 is 2.47 bits per heavy atom. The van der Waals surface area contributed by atoms with Crippen LogP contribution in [0.1, 0.15) is 24.8 Å². The van der Waals surface area contributed by atoms with Gasteiger partial charge in [-0.25, -0.2) is 13.2 Å². The summed E-state index contributed by atoms with van der Waals surface area (Å²) in [4.78, 5) is 27.2. The zero-order valence-corrected chi connectivity index (χ0v) is 20.4. The molecule has 2 heterocycles. The third-order valence-corrected chi connectivity index (χ3v) is 7.68. The highest BCUT2D eigenvalue weighted by Crippen LogP contribution is 2.36. The lowest BCUT2D eigenvalue weighted by Crippen LogP contribution is -2.49. The number of amides is 2. The minimum absolute atomic E-state index is 0.0000561. The van der Waals surface area contributed by atoms with Gasteiger partial charge in [-0.1, -0.05) is 29.8 Å². The lowest BCUT2D eigenvalue weighted by Gasteiger charge is -2.36. The summed E-state index contributed by atoms with van der Waals surface area (Å²) in [5.74, 6) is 0.0463. The number of carbonyl (C=O) groups excluding carboxylic acids is 2. The van der Waals surface area contributed by atoms with Gasteiger partial charge in [0, 0.05) is 45.1 Å². The van der Waals surface area contributed by atoms with E-state index in [9.17, 15) is 18.0 Å². The van der Waals surface area contributed by atoms with Crippen LogP contribution in [0, 0.1) is 0 Å². The highest BCUT2D eigenvalue weighted by Gasteiger charge is 2.27. The molecular weight excluding hydrogens is 480 g/mol. The number of anilines is 2. The molecule has 182 valence electrons. The lowest BCUT2D eigenvalue weighted by atomic mass is 9.99. The summed E-state index contributed by atoms with van der Waals surface area (Å²) in [6.45, 7) is 4.48. The summed E-state index contributed by atoms with van der Waals surface area (Å²) in [6, 6.07) is 11.6. The average molecular weight is 507 g/mol. The Labute approximate surface area is 204 Å². The van der Waals surface area contributed by atoms with E-state index < -0.39 is 10.0 Å². The molecule has 34 heavy (non-hydrogen) atoms. The fraction of sp³-hybridized carbons (Fsp3) is 0.391. The van der Waals surface area contributed by atoms with Gasteiger partial charge < -0.3 is 19.9 Å². The third kappa shape index (κ3) is 5.23. The normalized spacial score (nSPS) is 18.5. The van der Waals surface area contributed by atoms with E-state index in [-0.39, 0.29) is 22.8 Å². The van der Waals surface area contributed by atoms with Gasteiger partial charge in [-0.05, 0) is 36.8 Å². The molecule has 0 saturated carbocycles. The van der Waals surface area contributed by atoms with E-state index in [0.29, 0.717) is 62.1 Å². The van der Waals surface area contributed by atoms with Crippen LogP contribution in [0.25, 0.3) is 0 Å². The number of nitrogens with one attached hydrogen (secondary N) is 2. The molecule has 11 heteroatoms. The third-order valence-electron chi connectivity index (χ3n) is 5.99. The van der Waals surface area contributed by atoms with Crippen LogP contribution in [-0.2, 0) is 19.6 Å². The summed E-state index contributed by atoms with van der Waals surface area (Å²) in [5, 5.41) is 3.20. The van der Waals surface area contributed by atoms with Crippen molar-refractivity contribution in [3.63, 3.8) is 0 Å². The van der Waals surface area contributed by atoms with Crippen molar-refractivity contribution in [2.24, 2.45) is 0 Å². The van der Waals surface area contributed by atoms with E-state index in [0.717, 1.165) is 5.56 Å².